The second-order valence-electron chi connectivity index (χ2n) is 5.19. The molecule has 0 aliphatic heterocycles. The lowest BCUT2D eigenvalue weighted by molar-refractivity contribution is -0.120. The molecule has 0 heterocycles. The Bertz CT molecular complexity index is 229. The summed E-state index contributed by atoms with van der Waals surface area (Å²) in [7, 11) is 2.12. The number of amides is 1. The average Bonchev–Trinajstić information content (AvgIpc) is 3.08. The molecule has 1 saturated carbocycles. The van der Waals surface area contributed by atoms with Crippen molar-refractivity contribution in [2.75, 3.05) is 20.1 Å². The van der Waals surface area contributed by atoms with Gasteiger partial charge in [-0.15, -0.1) is 0 Å². The molecule has 0 saturated heterocycles. The van der Waals surface area contributed by atoms with Crippen molar-refractivity contribution < 1.29 is 4.79 Å². The van der Waals surface area contributed by atoms with Gasteiger partial charge in [0.25, 0.3) is 0 Å². The van der Waals surface area contributed by atoms with Crippen LogP contribution in [0.15, 0.2) is 0 Å². The molecule has 1 aliphatic carbocycles. The number of carbonyl (C=O) groups is 1. The summed E-state index contributed by atoms with van der Waals surface area (Å²) in [6.45, 7) is 4.27. The van der Waals surface area contributed by atoms with Crippen LogP contribution in [-0.4, -0.2) is 43.0 Å². The molecule has 1 atom stereocenters. The van der Waals surface area contributed by atoms with Crippen molar-refractivity contribution in [3.8, 4) is 0 Å². The molecule has 0 spiro atoms. The van der Waals surface area contributed by atoms with Crippen LogP contribution in [0.4, 0.5) is 0 Å². The largest absolute Gasteiger partial charge is 0.368 e. The fraction of sp³-hybridized carbons (Fsp3) is 0.923. The van der Waals surface area contributed by atoms with Crippen LogP contribution >= 0.6 is 0 Å². The molecular weight excluding hydrogens is 214 g/mol. The molecule has 4 heteroatoms. The van der Waals surface area contributed by atoms with Crippen LogP contribution in [0.2, 0.25) is 0 Å². The van der Waals surface area contributed by atoms with Gasteiger partial charge in [-0.3, -0.25) is 4.79 Å². The van der Waals surface area contributed by atoms with Crippen LogP contribution in [0.3, 0.4) is 0 Å². The molecule has 0 aromatic carbocycles. The summed E-state index contributed by atoms with van der Waals surface area (Å²) in [6, 6.07) is 0.397. The van der Waals surface area contributed by atoms with Gasteiger partial charge in [0.05, 0.1) is 6.04 Å². The molecule has 17 heavy (non-hydrogen) atoms. The first-order chi connectivity index (χ1) is 8.13. The van der Waals surface area contributed by atoms with Gasteiger partial charge in [-0.05, 0) is 45.8 Å². The number of hydrogen-bond acceptors (Lipinski definition) is 3. The van der Waals surface area contributed by atoms with E-state index in [1.165, 1.54) is 32.1 Å². The molecule has 100 valence electrons. The Balaban J connectivity index is 2.13. The second kappa shape index (κ2) is 7.67. The number of unbranched alkanes of at least 4 members (excludes halogenated alkanes) is 2. The first-order valence-corrected chi connectivity index (χ1v) is 6.87. The summed E-state index contributed by atoms with van der Waals surface area (Å²) < 4.78 is 0. The summed E-state index contributed by atoms with van der Waals surface area (Å²) in [5, 5.41) is 3.31. The van der Waals surface area contributed by atoms with E-state index in [0.717, 1.165) is 19.5 Å². The zero-order chi connectivity index (χ0) is 12.7. The Hall–Kier alpha value is -0.610. The highest BCUT2D eigenvalue weighted by molar-refractivity contribution is 5.79. The van der Waals surface area contributed by atoms with E-state index in [0.29, 0.717) is 6.04 Å². The smallest absolute Gasteiger partial charge is 0.234 e. The third-order valence-corrected chi connectivity index (χ3v) is 3.30. The molecule has 1 amide bonds. The van der Waals surface area contributed by atoms with Gasteiger partial charge in [0.15, 0.2) is 0 Å². The van der Waals surface area contributed by atoms with E-state index >= 15 is 0 Å². The Morgan fingerprint density at radius 3 is 2.65 bits per heavy atom. The third kappa shape index (κ3) is 6.64. The molecule has 0 bridgehead atoms. The standard InChI is InChI=1S/C13H27N3O/c1-3-4-5-9-16(2)10-8-12(13(14)17)15-11-6-7-11/h11-12,15H,3-10H2,1-2H3,(H2,14,17). The van der Waals surface area contributed by atoms with E-state index < -0.39 is 0 Å². The Morgan fingerprint density at radius 2 is 2.12 bits per heavy atom. The van der Waals surface area contributed by atoms with Gasteiger partial charge in [-0.2, -0.15) is 0 Å². The first-order valence-electron chi connectivity index (χ1n) is 6.87. The Kier molecular flexibility index (Phi) is 6.52. The summed E-state index contributed by atoms with van der Waals surface area (Å²) in [5.74, 6) is -0.209. The van der Waals surface area contributed by atoms with Crippen molar-refractivity contribution in [1.29, 1.82) is 0 Å². The fourth-order valence-electron chi connectivity index (χ4n) is 1.94. The summed E-state index contributed by atoms with van der Waals surface area (Å²) >= 11 is 0. The SMILES string of the molecule is CCCCCN(C)CCC(NC1CC1)C(N)=O. The Morgan fingerprint density at radius 1 is 1.41 bits per heavy atom. The zero-order valence-electron chi connectivity index (χ0n) is 11.2. The monoisotopic (exact) mass is 241 g/mol. The van der Waals surface area contributed by atoms with E-state index in [-0.39, 0.29) is 11.9 Å². The van der Waals surface area contributed by atoms with Gasteiger partial charge in [0.2, 0.25) is 5.91 Å². The minimum absolute atomic E-state index is 0.142. The van der Waals surface area contributed by atoms with Crippen LogP contribution in [0.5, 0.6) is 0 Å². The lowest BCUT2D eigenvalue weighted by atomic mass is 10.1. The molecular formula is C13H27N3O. The molecule has 1 unspecified atom stereocenters. The van der Waals surface area contributed by atoms with Crippen LogP contribution in [0.25, 0.3) is 0 Å². The summed E-state index contributed by atoms with van der Waals surface area (Å²) in [6.07, 6.45) is 6.98. The molecule has 3 N–H and O–H groups in total. The van der Waals surface area contributed by atoms with Crippen LogP contribution in [-0.2, 0) is 4.79 Å². The lowest BCUT2D eigenvalue weighted by Gasteiger charge is -2.20. The number of carbonyl (C=O) groups excluding carboxylic acids is 1. The summed E-state index contributed by atoms with van der Waals surface area (Å²) in [4.78, 5) is 13.6. The number of nitrogens with two attached hydrogens (primary N) is 1. The third-order valence-electron chi connectivity index (χ3n) is 3.30. The number of nitrogens with one attached hydrogen (secondary N) is 1. The number of nitrogens with zero attached hydrogens (tertiary/aromatic N) is 1. The quantitative estimate of drug-likeness (QED) is 0.563. The normalized spacial score (nSPS) is 17.4. The van der Waals surface area contributed by atoms with Crippen LogP contribution in [0, 0.1) is 0 Å². The molecule has 0 radical (unpaired) electrons. The van der Waals surface area contributed by atoms with Crippen molar-refractivity contribution in [2.24, 2.45) is 5.73 Å². The highest BCUT2D eigenvalue weighted by Crippen LogP contribution is 2.19. The average molecular weight is 241 g/mol. The highest BCUT2D eigenvalue weighted by Gasteiger charge is 2.26. The minimum atomic E-state index is -0.209. The van der Waals surface area contributed by atoms with Crippen molar-refractivity contribution in [3.05, 3.63) is 0 Å². The number of hydrogen-bond donors (Lipinski definition) is 2. The van der Waals surface area contributed by atoms with Crippen molar-refractivity contribution in [1.82, 2.24) is 10.2 Å². The molecule has 1 aliphatic rings. The van der Waals surface area contributed by atoms with Gasteiger partial charge in [-0.1, -0.05) is 19.8 Å². The van der Waals surface area contributed by atoms with Crippen molar-refractivity contribution in [3.63, 3.8) is 0 Å². The predicted molar refractivity (Wildman–Crippen MR) is 70.8 cm³/mol. The number of primary amides is 1. The van der Waals surface area contributed by atoms with Gasteiger partial charge in [-0.25, -0.2) is 0 Å². The highest BCUT2D eigenvalue weighted by atomic mass is 16.1. The van der Waals surface area contributed by atoms with Crippen LogP contribution < -0.4 is 11.1 Å². The van der Waals surface area contributed by atoms with Gasteiger partial charge in [0.1, 0.15) is 0 Å². The molecule has 4 nitrogen and oxygen atoms in total. The van der Waals surface area contributed by atoms with Crippen molar-refractivity contribution in [2.45, 2.75) is 57.5 Å². The van der Waals surface area contributed by atoms with E-state index in [1.54, 1.807) is 0 Å². The van der Waals surface area contributed by atoms with E-state index in [9.17, 15) is 4.79 Å². The van der Waals surface area contributed by atoms with Gasteiger partial charge >= 0.3 is 0 Å². The van der Waals surface area contributed by atoms with E-state index in [2.05, 4.69) is 24.2 Å². The van der Waals surface area contributed by atoms with Gasteiger partial charge < -0.3 is 16.0 Å². The van der Waals surface area contributed by atoms with E-state index in [4.69, 9.17) is 5.73 Å². The fourth-order valence-corrected chi connectivity index (χ4v) is 1.94. The maximum absolute atomic E-state index is 11.3. The lowest BCUT2D eigenvalue weighted by Crippen LogP contribution is -2.44. The topological polar surface area (TPSA) is 58.4 Å². The van der Waals surface area contributed by atoms with Crippen molar-refractivity contribution >= 4 is 5.91 Å². The predicted octanol–water partition coefficient (Wildman–Crippen LogP) is 1.10. The molecule has 0 aromatic heterocycles. The Labute approximate surface area is 105 Å². The first kappa shape index (κ1) is 14.5. The zero-order valence-corrected chi connectivity index (χ0v) is 11.2. The summed E-state index contributed by atoms with van der Waals surface area (Å²) in [5.41, 5.74) is 5.40. The minimum Gasteiger partial charge on any atom is -0.368 e. The molecule has 1 rings (SSSR count). The second-order valence-corrected chi connectivity index (χ2v) is 5.19. The molecule has 0 aromatic rings. The maximum atomic E-state index is 11.3. The van der Waals surface area contributed by atoms with E-state index in [1.807, 2.05) is 0 Å². The number of rotatable bonds is 10. The van der Waals surface area contributed by atoms with Gasteiger partial charge in [0, 0.05) is 6.04 Å². The maximum Gasteiger partial charge on any atom is 0.234 e. The molecule has 1 fully saturated rings. The van der Waals surface area contributed by atoms with Crippen LogP contribution in [0.1, 0.15) is 45.4 Å².